The summed E-state index contributed by atoms with van der Waals surface area (Å²) in [5.41, 5.74) is 2.40. The van der Waals surface area contributed by atoms with Crippen LogP contribution in [0.25, 0.3) is 0 Å². The molecule has 0 bridgehead atoms. The van der Waals surface area contributed by atoms with Crippen molar-refractivity contribution < 1.29 is 4.84 Å². The molecule has 1 heterocycles. The fourth-order valence-corrected chi connectivity index (χ4v) is 2.26. The van der Waals surface area contributed by atoms with Crippen LogP contribution in [-0.2, 0) is 11.3 Å². The smallest absolute Gasteiger partial charge is 0.108 e. The third kappa shape index (κ3) is 3.04. The number of para-hydroxylation sites is 1. The second-order valence-corrected chi connectivity index (χ2v) is 4.66. The molecule has 2 aromatic rings. The molecule has 0 radical (unpaired) electrons. The average Bonchev–Trinajstić information content (AvgIpc) is 2.49. The van der Waals surface area contributed by atoms with Gasteiger partial charge in [0.05, 0.1) is 12.2 Å². The summed E-state index contributed by atoms with van der Waals surface area (Å²) in [7, 11) is 0. The maximum Gasteiger partial charge on any atom is 0.108 e. The lowest BCUT2D eigenvalue weighted by atomic mass is 10.1. The number of nitrogens with zero attached hydrogens (tertiary/aromatic N) is 1. The Morgan fingerprint density at radius 2 is 1.63 bits per heavy atom. The SMILES string of the molecule is C1=C[C@@H](Cc2ccccc2)ON(c2ccccc2)C1. The number of hydrogen-bond donors (Lipinski definition) is 0. The van der Waals surface area contributed by atoms with Gasteiger partial charge in [0, 0.05) is 6.42 Å². The van der Waals surface area contributed by atoms with Crippen molar-refractivity contribution in [3.63, 3.8) is 0 Å². The Labute approximate surface area is 113 Å². The predicted molar refractivity (Wildman–Crippen MR) is 77.9 cm³/mol. The van der Waals surface area contributed by atoms with E-state index in [0.717, 1.165) is 18.7 Å². The molecule has 0 unspecified atom stereocenters. The van der Waals surface area contributed by atoms with Crippen LogP contribution in [0.3, 0.4) is 0 Å². The summed E-state index contributed by atoms with van der Waals surface area (Å²) in [6.45, 7) is 0.801. The van der Waals surface area contributed by atoms with Crippen molar-refractivity contribution in [3.8, 4) is 0 Å². The van der Waals surface area contributed by atoms with Crippen molar-refractivity contribution in [1.29, 1.82) is 0 Å². The van der Waals surface area contributed by atoms with Gasteiger partial charge in [-0.1, -0.05) is 60.7 Å². The summed E-state index contributed by atoms with van der Waals surface area (Å²) in [6.07, 6.45) is 5.33. The number of benzene rings is 2. The van der Waals surface area contributed by atoms with E-state index in [1.807, 2.05) is 29.3 Å². The second-order valence-electron chi connectivity index (χ2n) is 4.66. The van der Waals surface area contributed by atoms with Gasteiger partial charge in [0.1, 0.15) is 6.10 Å². The summed E-state index contributed by atoms with van der Waals surface area (Å²) in [4.78, 5) is 6.02. The largest absolute Gasteiger partial charge is 0.265 e. The lowest BCUT2D eigenvalue weighted by molar-refractivity contribution is 0.0593. The van der Waals surface area contributed by atoms with Crippen molar-refractivity contribution in [2.45, 2.75) is 12.5 Å². The van der Waals surface area contributed by atoms with Crippen LogP contribution >= 0.6 is 0 Å². The normalized spacial score (nSPS) is 18.5. The Morgan fingerprint density at radius 1 is 0.947 bits per heavy atom. The van der Waals surface area contributed by atoms with Gasteiger partial charge in [-0.3, -0.25) is 4.84 Å². The first-order chi connectivity index (χ1) is 9.42. The molecule has 0 N–H and O–H groups in total. The molecular weight excluding hydrogens is 234 g/mol. The molecule has 2 aromatic carbocycles. The topological polar surface area (TPSA) is 12.5 Å². The minimum atomic E-state index is 0.108. The van der Waals surface area contributed by atoms with Gasteiger partial charge in [-0.25, -0.2) is 5.06 Å². The van der Waals surface area contributed by atoms with E-state index < -0.39 is 0 Å². The van der Waals surface area contributed by atoms with E-state index in [9.17, 15) is 0 Å². The Balaban J connectivity index is 1.69. The van der Waals surface area contributed by atoms with Crippen LogP contribution in [0, 0.1) is 0 Å². The first kappa shape index (κ1) is 12.0. The van der Waals surface area contributed by atoms with E-state index in [1.54, 1.807) is 0 Å². The molecule has 2 nitrogen and oxygen atoms in total. The fourth-order valence-electron chi connectivity index (χ4n) is 2.26. The van der Waals surface area contributed by atoms with E-state index >= 15 is 0 Å². The molecule has 0 fully saturated rings. The molecular formula is C17H17NO. The summed E-state index contributed by atoms with van der Waals surface area (Å²) in [6, 6.07) is 20.7. The highest BCUT2D eigenvalue weighted by Gasteiger charge is 2.16. The van der Waals surface area contributed by atoms with Crippen LogP contribution in [0.2, 0.25) is 0 Å². The van der Waals surface area contributed by atoms with Crippen LogP contribution in [0.15, 0.2) is 72.8 Å². The second kappa shape index (κ2) is 5.72. The van der Waals surface area contributed by atoms with Gasteiger partial charge < -0.3 is 0 Å². The van der Waals surface area contributed by atoms with Gasteiger partial charge in [0.15, 0.2) is 0 Å². The highest BCUT2D eigenvalue weighted by molar-refractivity contribution is 5.44. The first-order valence-corrected chi connectivity index (χ1v) is 6.62. The van der Waals surface area contributed by atoms with Crippen LogP contribution in [0.1, 0.15) is 5.56 Å². The lowest BCUT2D eigenvalue weighted by Gasteiger charge is -2.30. The molecule has 96 valence electrons. The van der Waals surface area contributed by atoms with Crippen LogP contribution in [0.5, 0.6) is 0 Å². The van der Waals surface area contributed by atoms with Gasteiger partial charge in [-0.05, 0) is 17.7 Å². The zero-order chi connectivity index (χ0) is 12.9. The zero-order valence-corrected chi connectivity index (χ0v) is 10.8. The van der Waals surface area contributed by atoms with Gasteiger partial charge in [0.2, 0.25) is 0 Å². The van der Waals surface area contributed by atoms with Crippen molar-refractivity contribution in [3.05, 3.63) is 78.4 Å². The molecule has 0 amide bonds. The Bertz CT molecular complexity index is 536. The minimum Gasteiger partial charge on any atom is -0.265 e. The Kier molecular flexibility index (Phi) is 3.61. The lowest BCUT2D eigenvalue weighted by Crippen LogP contribution is -2.33. The molecule has 1 atom stereocenters. The molecule has 1 aliphatic heterocycles. The maximum absolute atomic E-state index is 6.02. The van der Waals surface area contributed by atoms with Crippen molar-refractivity contribution >= 4 is 5.69 Å². The average molecular weight is 251 g/mol. The Morgan fingerprint density at radius 3 is 2.37 bits per heavy atom. The highest BCUT2D eigenvalue weighted by Crippen LogP contribution is 2.20. The van der Waals surface area contributed by atoms with E-state index in [4.69, 9.17) is 4.84 Å². The summed E-state index contributed by atoms with van der Waals surface area (Å²) < 4.78 is 0. The van der Waals surface area contributed by atoms with Crippen molar-refractivity contribution in [2.75, 3.05) is 11.6 Å². The number of rotatable bonds is 3. The van der Waals surface area contributed by atoms with Crippen LogP contribution in [-0.4, -0.2) is 12.6 Å². The minimum absolute atomic E-state index is 0.108. The highest BCUT2D eigenvalue weighted by atomic mass is 16.7. The van der Waals surface area contributed by atoms with Crippen LogP contribution < -0.4 is 5.06 Å². The third-order valence-corrected chi connectivity index (χ3v) is 3.21. The number of hydroxylamine groups is 1. The van der Waals surface area contributed by atoms with E-state index in [0.29, 0.717) is 0 Å². The zero-order valence-electron chi connectivity index (χ0n) is 10.8. The standard InChI is InChI=1S/C17H17NO/c1-3-8-15(9-4-1)14-17-12-7-13-18(19-17)16-10-5-2-6-11-16/h1-12,17H,13-14H2/t17-/m0/s1. The predicted octanol–water partition coefficient (Wildman–Crippen LogP) is 3.61. The quantitative estimate of drug-likeness (QED) is 0.773. The number of anilines is 1. The van der Waals surface area contributed by atoms with Crippen molar-refractivity contribution in [1.82, 2.24) is 0 Å². The van der Waals surface area contributed by atoms with Gasteiger partial charge >= 0.3 is 0 Å². The molecule has 0 aliphatic carbocycles. The third-order valence-electron chi connectivity index (χ3n) is 3.21. The monoisotopic (exact) mass is 251 g/mol. The summed E-state index contributed by atoms with van der Waals surface area (Å²) in [5, 5.41) is 1.95. The van der Waals surface area contributed by atoms with Gasteiger partial charge in [-0.2, -0.15) is 0 Å². The summed E-state index contributed by atoms with van der Waals surface area (Å²) in [5.74, 6) is 0. The molecule has 0 saturated carbocycles. The summed E-state index contributed by atoms with van der Waals surface area (Å²) >= 11 is 0. The van der Waals surface area contributed by atoms with Crippen LogP contribution in [0.4, 0.5) is 5.69 Å². The van der Waals surface area contributed by atoms with E-state index in [1.165, 1.54) is 5.56 Å². The fraction of sp³-hybridized carbons (Fsp3) is 0.176. The molecule has 3 rings (SSSR count). The van der Waals surface area contributed by atoms with Gasteiger partial charge in [-0.15, -0.1) is 0 Å². The molecule has 0 saturated heterocycles. The molecule has 19 heavy (non-hydrogen) atoms. The number of hydrogen-bond acceptors (Lipinski definition) is 2. The van der Waals surface area contributed by atoms with E-state index in [-0.39, 0.29) is 6.10 Å². The first-order valence-electron chi connectivity index (χ1n) is 6.62. The van der Waals surface area contributed by atoms with E-state index in [2.05, 4.69) is 48.6 Å². The molecule has 0 spiro atoms. The van der Waals surface area contributed by atoms with Crippen molar-refractivity contribution in [2.24, 2.45) is 0 Å². The molecule has 1 aliphatic rings. The molecule has 0 aromatic heterocycles. The van der Waals surface area contributed by atoms with Gasteiger partial charge in [0.25, 0.3) is 0 Å². The maximum atomic E-state index is 6.02. The molecule has 2 heteroatoms. The Hall–Kier alpha value is -2.06.